The Morgan fingerprint density at radius 3 is 3.00 bits per heavy atom. The summed E-state index contributed by atoms with van der Waals surface area (Å²) in [4.78, 5) is 23.7. The van der Waals surface area contributed by atoms with Crippen molar-refractivity contribution >= 4 is 39.6 Å². The molecule has 148 valence electrons. The molecule has 2 aromatic heterocycles. The Bertz CT molecular complexity index is 1020. The number of methoxy groups -OCH3 is 1. The lowest BCUT2D eigenvalue weighted by atomic mass is 10.00. The zero-order valence-electron chi connectivity index (χ0n) is 15.7. The Hall–Kier alpha value is -2.85. The SMILES string of the molecule is CNC(=O)Nc1nc2c(s1)[C@H](C)N(c1nc3cc(OC)ccc3o1)[C@H](CO)C2. The zero-order chi connectivity index (χ0) is 19.8. The van der Waals surface area contributed by atoms with Crippen molar-refractivity contribution in [2.45, 2.75) is 25.4 Å². The van der Waals surface area contributed by atoms with E-state index in [9.17, 15) is 9.90 Å². The number of nitrogens with zero attached hydrogens (tertiary/aromatic N) is 3. The first-order valence-corrected chi connectivity index (χ1v) is 9.67. The number of nitrogens with one attached hydrogen (secondary N) is 2. The molecule has 0 fully saturated rings. The van der Waals surface area contributed by atoms with Crippen molar-refractivity contribution in [3.8, 4) is 5.75 Å². The minimum atomic E-state index is -0.317. The molecule has 3 N–H and O–H groups in total. The Balaban J connectivity index is 1.70. The molecule has 0 bridgehead atoms. The number of amides is 2. The summed E-state index contributed by atoms with van der Waals surface area (Å²) in [5.41, 5.74) is 2.21. The second-order valence-electron chi connectivity index (χ2n) is 6.49. The van der Waals surface area contributed by atoms with Gasteiger partial charge in [0.15, 0.2) is 10.7 Å². The maximum atomic E-state index is 11.6. The molecule has 4 rings (SSSR count). The lowest BCUT2D eigenvalue weighted by Gasteiger charge is -2.37. The fraction of sp³-hybridized carbons (Fsp3) is 0.389. The Morgan fingerprint density at radius 2 is 2.29 bits per heavy atom. The third-order valence-corrected chi connectivity index (χ3v) is 5.99. The van der Waals surface area contributed by atoms with E-state index in [1.165, 1.54) is 11.3 Å². The molecule has 1 aliphatic rings. The van der Waals surface area contributed by atoms with Crippen molar-refractivity contribution in [3.05, 3.63) is 28.8 Å². The molecule has 3 heterocycles. The quantitative estimate of drug-likeness (QED) is 0.613. The minimum Gasteiger partial charge on any atom is -0.497 e. The number of aliphatic hydroxyl groups excluding tert-OH is 1. The van der Waals surface area contributed by atoms with Crippen molar-refractivity contribution in [1.29, 1.82) is 0 Å². The van der Waals surface area contributed by atoms with Crippen molar-refractivity contribution in [2.75, 3.05) is 31.0 Å². The molecule has 10 heteroatoms. The summed E-state index contributed by atoms with van der Waals surface area (Å²) in [6.07, 6.45) is 0.532. The second kappa shape index (κ2) is 7.28. The average Bonchev–Trinajstić information content (AvgIpc) is 3.30. The van der Waals surface area contributed by atoms with Gasteiger partial charge in [-0.15, -0.1) is 0 Å². The van der Waals surface area contributed by atoms with Crippen molar-refractivity contribution < 1.29 is 19.1 Å². The summed E-state index contributed by atoms with van der Waals surface area (Å²) in [7, 11) is 3.16. The summed E-state index contributed by atoms with van der Waals surface area (Å²) in [6.45, 7) is 1.94. The highest BCUT2D eigenvalue weighted by Gasteiger charge is 2.37. The van der Waals surface area contributed by atoms with Gasteiger partial charge in [0, 0.05) is 19.5 Å². The highest BCUT2D eigenvalue weighted by molar-refractivity contribution is 7.16. The molecule has 1 aliphatic heterocycles. The van der Waals surface area contributed by atoms with E-state index in [1.54, 1.807) is 14.2 Å². The third-order valence-electron chi connectivity index (χ3n) is 4.81. The molecule has 0 radical (unpaired) electrons. The Morgan fingerprint density at radius 1 is 1.46 bits per heavy atom. The highest BCUT2D eigenvalue weighted by atomic mass is 32.1. The number of aliphatic hydroxyl groups is 1. The van der Waals surface area contributed by atoms with E-state index in [1.807, 2.05) is 30.0 Å². The van der Waals surface area contributed by atoms with Gasteiger partial charge in [-0.25, -0.2) is 9.78 Å². The number of fused-ring (bicyclic) bond motifs is 2. The molecule has 9 nitrogen and oxygen atoms in total. The predicted molar refractivity (Wildman–Crippen MR) is 106 cm³/mol. The number of hydrogen-bond acceptors (Lipinski definition) is 8. The monoisotopic (exact) mass is 403 g/mol. The molecule has 0 saturated heterocycles. The zero-order valence-corrected chi connectivity index (χ0v) is 16.5. The van der Waals surface area contributed by atoms with Gasteiger partial charge in [0.1, 0.15) is 11.3 Å². The molecular weight excluding hydrogens is 382 g/mol. The van der Waals surface area contributed by atoms with Gasteiger partial charge in [-0.2, -0.15) is 4.98 Å². The number of anilines is 2. The molecule has 1 aromatic carbocycles. The lowest BCUT2D eigenvalue weighted by molar-refractivity contribution is 0.242. The number of aromatic nitrogens is 2. The molecule has 2 amide bonds. The normalized spacial score (nSPS) is 18.8. The summed E-state index contributed by atoms with van der Waals surface area (Å²) in [6, 6.07) is 5.22. The summed E-state index contributed by atoms with van der Waals surface area (Å²) >= 11 is 1.42. The van der Waals surface area contributed by atoms with Crippen LogP contribution in [-0.2, 0) is 6.42 Å². The van der Waals surface area contributed by atoms with E-state index < -0.39 is 0 Å². The fourth-order valence-electron chi connectivity index (χ4n) is 3.42. The number of urea groups is 1. The van der Waals surface area contributed by atoms with Gasteiger partial charge in [-0.3, -0.25) is 5.32 Å². The summed E-state index contributed by atoms with van der Waals surface area (Å²) < 4.78 is 11.2. The predicted octanol–water partition coefficient (Wildman–Crippen LogP) is 2.53. The molecule has 0 aliphatic carbocycles. The van der Waals surface area contributed by atoms with Gasteiger partial charge < -0.3 is 24.5 Å². The van der Waals surface area contributed by atoms with Crippen LogP contribution in [0.1, 0.15) is 23.5 Å². The standard InChI is InChI=1S/C18H21N5O4S/c1-9-15-13(20-17(28-15)22-16(25)19-2)6-10(8-24)23(9)18-21-12-7-11(26-3)4-5-14(12)27-18/h4-5,7,9-10,24H,6,8H2,1-3H3,(H2,19,20,22,25)/t9-,10-/m0/s1. The van der Waals surface area contributed by atoms with Crippen LogP contribution in [0, 0.1) is 0 Å². The first-order valence-electron chi connectivity index (χ1n) is 8.86. The number of oxazole rings is 1. The van der Waals surface area contributed by atoms with Crippen LogP contribution in [0.3, 0.4) is 0 Å². The highest BCUT2D eigenvalue weighted by Crippen LogP contribution is 2.41. The topological polar surface area (TPSA) is 113 Å². The van der Waals surface area contributed by atoms with Gasteiger partial charge in [0.25, 0.3) is 6.01 Å². The second-order valence-corrected chi connectivity index (χ2v) is 7.52. The number of carbonyl (C=O) groups is 1. The number of thiazole rings is 1. The molecule has 0 unspecified atom stereocenters. The molecule has 2 atom stereocenters. The van der Waals surface area contributed by atoms with Crippen LogP contribution in [0.15, 0.2) is 22.6 Å². The van der Waals surface area contributed by atoms with E-state index in [4.69, 9.17) is 9.15 Å². The van der Waals surface area contributed by atoms with Crippen molar-refractivity contribution in [3.63, 3.8) is 0 Å². The average molecular weight is 403 g/mol. The van der Waals surface area contributed by atoms with Crippen LogP contribution < -0.4 is 20.3 Å². The van der Waals surface area contributed by atoms with Gasteiger partial charge in [0.05, 0.1) is 36.4 Å². The fourth-order valence-corrected chi connectivity index (χ4v) is 4.46. The van der Waals surface area contributed by atoms with E-state index >= 15 is 0 Å². The lowest BCUT2D eigenvalue weighted by Crippen LogP contribution is -2.45. The van der Waals surface area contributed by atoms with Crippen LogP contribution in [0.25, 0.3) is 11.1 Å². The number of carbonyl (C=O) groups excluding carboxylic acids is 1. The maximum Gasteiger partial charge on any atom is 0.320 e. The van der Waals surface area contributed by atoms with Crippen molar-refractivity contribution in [1.82, 2.24) is 15.3 Å². The van der Waals surface area contributed by atoms with Crippen LogP contribution >= 0.6 is 11.3 Å². The molecule has 0 spiro atoms. The van der Waals surface area contributed by atoms with Gasteiger partial charge in [-0.05, 0) is 19.1 Å². The van der Waals surface area contributed by atoms with E-state index in [0.717, 1.165) is 10.6 Å². The van der Waals surface area contributed by atoms with E-state index in [0.29, 0.717) is 34.4 Å². The Kier molecular flexibility index (Phi) is 4.82. The molecule has 0 saturated carbocycles. The Labute approximate surface area is 165 Å². The molecule has 28 heavy (non-hydrogen) atoms. The van der Waals surface area contributed by atoms with Crippen LogP contribution in [0.5, 0.6) is 5.75 Å². The van der Waals surface area contributed by atoms with Gasteiger partial charge >= 0.3 is 6.03 Å². The van der Waals surface area contributed by atoms with Gasteiger partial charge in [0.2, 0.25) is 0 Å². The number of benzene rings is 1. The number of hydrogen-bond donors (Lipinski definition) is 3. The summed E-state index contributed by atoms with van der Waals surface area (Å²) in [5, 5.41) is 15.7. The van der Waals surface area contributed by atoms with E-state index in [2.05, 4.69) is 20.6 Å². The van der Waals surface area contributed by atoms with Crippen molar-refractivity contribution in [2.24, 2.45) is 0 Å². The smallest absolute Gasteiger partial charge is 0.320 e. The molecule has 3 aromatic rings. The molecular formula is C18H21N5O4S. The number of rotatable bonds is 4. The summed E-state index contributed by atoms with van der Waals surface area (Å²) in [5.74, 6) is 0.701. The maximum absolute atomic E-state index is 11.6. The van der Waals surface area contributed by atoms with E-state index in [-0.39, 0.29) is 24.7 Å². The van der Waals surface area contributed by atoms with Crippen LogP contribution in [0.2, 0.25) is 0 Å². The minimum absolute atomic E-state index is 0.0679. The van der Waals surface area contributed by atoms with Crippen LogP contribution in [0.4, 0.5) is 15.9 Å². The first kappa shape index (κ1) is 18.5. The first-order chi connectivity index (χ1) is 13.5. The van der Waals surface area contributed by atoms with Crippen LogP contribution in [-0.4, -0.2) is 47.9 Å². The third kappa shape index (κ3) is 3.14. The largest absolute Gasteiger partial charge is 0.497 e. The number of ether oxygens (including phenoxy) is 1. The van der Waals surface area contributed by atoms with Gasteiger partial charge in [-0.1, -0.05) is 11.3 Å².